The van der Waals surface area contributed by atoms with Gasteiger partial charge in [-0.05, 0) is 37.6 Å². The largest absolute Gasteiger partial charge is 0.369 e. The molecule has 7 heteroatoms. The van der Waals surface area contributed by atoms with E-state index >= 15 is 0 Å². The quantitative estimate of drug-likeness (QED) is 0.654. The lowest BCUT2D eigenvalue weighted by Crippen LogP contribution is -2.37. The van der Waals surface area contributed by atoms with Crippen molar-refractivity contribution < 1.29 is 9.59 Å². The normalized spacial score (nSPS) is 16.0. The molecule has 0 radical (unpaired) electrons. The molecule has 0 aliphatic carbocycles. The molecule has 0 saturated carbocycles. The average Bonchev–Trinajstić information content (AvgIpc) is 3.07. The molecule has 0 aromatic heterocycles. The standard InChI is InChI=1S/C17H24ClN3O2S/c18-14-6-2-1-5-13(14)15(21-8-3-4-9-21)11-20-17(23)7-10-24-12-16(19)22/h1-2,5-6,15H,3-4,7-12H2,(H2,19,22)(H,20,23). The summed E-state index contributed by atoms with van der Waals surface area (Å²) in [6.45, 7) is 2.60. The maximum atomic E-state index is 12.0. The third kappa shape index (κ3) is 6.00. The van der Waals surface area contributed by atoms with Crippen LogP contribution in [-0.4, -0.2) is 47.9 Å². The number of likely N-dealkylation sites (tertiary alicyclic amines) is 1. The Morgan fingerprint density at radius 2 is 2.00 bits per heavy atom. The molecule has 3 N–H and O–H groups in total. The Labute approximate surface area is 152 Å². The molecule has 1 aromatic carbocycles. The van der Waals surface area contributed by atoms with Gasteiger partial charge in [0, 0.05) is 23.7 Å². The molecule has 1 aromatic rings. The zero-order valence-corrected chi connectivity index (χ0v) is 15.2. The van der Waals surface area contributed by atoms with Crippen LogP contribution in [0, 0.1) is 0 Å². The van der Waals surface area contributed by atoms with E-state index in [2.05, 4.69) is 10.2 Å². The van der Waals surface area contributed by atoms with Gasteiger partial charge in [0.2, 0.25) is 11.8 Å². The summed E-state index contributed by atoms with van der Waals surface area (Å²) in [6.07, 6.45) is 2.74. The van der Waals surface area contributed by atoms with Crippen LogP contribution in [0.5, 0.6) is 0 Å². The van der Waals surface area contributed by atoms with Crippen LogP contribution >= 0.6 is 23.4 Å². The first kappa shape index (κ1) is 19.1. The van der Waals surface area contributed by atoms with Gasteiger partial charge in [0.05, 0.1) is 11.8 Å². The van der Waals surface area contributed by atoms with Crippen molar-refractivity contribution in [2.45, 2.75) is 25.3 Å². The third-order valence-electron chi connectivity index (χ3n) is 4.06. The number of hydrogen-bond donors (Lipinski definition) is 2. The molecule has 1 heterocycles. The fourth-order valence-corrected chi connectivity index (χ4v) is 3.81. The Bertz CT molecular complexity index is 565. The van der Waals surface area contributed by atoms with Crippen LogP contribution in [0.3, 0.4) is 0 Å². The van der Waals surface area contributed by atoms with E-state index in [0.717, 1.165) is 23.7 Å². The van der Waals surface area contributed by atoms with Crippen LogP contribution in [-0.2, 0) is 9.59 Å². The fraction of sp³-hybridized carbons (Fsp3) is 0.529. The zero-order chi connectivity index (χ0) is 17.4. The minimum absolute atomic E-state index is 0.0109. The second-order valence-electron chi connectivity index (χ2n) is 5.85. The van der Waals surface area contributed by atoms with E-state index in [1.165, 1.54) is 24.6 Å². The van der Waals surface area contributed by atoms with E-state index in [4.69, 9.17) is 17.3 Å². The number of thioether (sulfide) groups is 1. The van der Waals surface area contributed by atoms with Crippen LogP contribution in [0.15, 0.2) is 24.3 Å². The Morgan fingerprint density at radius 1 is 1.29 bits per heavy atom. The van der Waals surface area contributed by atoms with Crippen molar-refractivity contribution in [3.05, 3.63) is 34.9 Å². The molecule has 0 bridgehead atoms. The van der Waals surface area contributed by atoms with E-state index in [1.54, 1.807) is 0 Å². The highest BCUT2D eigenvalue weighted by molar-refractivity contribution is 7.99. The number of hydrogen-bond acceptors (Lipinski definition) is 4. The van der Waals surface area contributed by atoms with Gasteiger partial charge in [0.25, 0.3) is 0 Å². The molecule has 1 unspecified atom stereocenters. The number of nitrogens with two attached hydrogens (primary N) is 1. The zero-order valence-electron chi connectivity index (χ0n) is 13.7. The van der Waals surface area contributed by atoms with Gasteiger partial charge in [-0.1, -0.05) is 29.8 Å². The minimum Gasteiger partial charge on any atom is -0.369 e. The van der Waals surface area contributed by atoms with Gasteiger partial charge >= 0.3 is 0 Å². The Hall–Kier alpha value is -1.24. The monoisotopic (exact) mass is 369 g/mol. The summed E-state index contributed by atoms with van der Waals surface area (Å²) in [5.74, 6) is 0.481. The first-order valence-corrected chi connectivity index (χ1v) is 9.72. The van der Waals surface area contributed by atoms with Gasteiger partial charge in [0.15, 0.2) is 0 Å². The molecule has 1 fully saturated rings. The number of primary amides is 1. The summed E-state index contributed by atoms with van der Waals surface area (Å²) < 4.78 is 0. The third-order valence-corrected chi connectivity index (χ3v) is 5.38. The Morgan fingerprint density at radius 3 is 2.67 bits per heavy atom. The van der Waals surface area contributed by atoms with Crippen LogP contribution in [0.1, 0.15) is 30.9 Å². The maximum absolute atomic E-state index is 12.0. The number of amides is 2. The smallest absolute Gasteiger partial charge is 0.227 e. The number of nitrogens with zero attached hydrogens (tertiary/aromatic N) is 1. The van der Waals surface area contributed by atoms with Crippen molar-refractivity contribution >= 4 is 35.2 Å². The second-order valence-corrected chi connectivity index (χ2v) is 7.37. The Balaban J connectivity index is 1.88. The molecule has 5 nitrogen and oxygen atoms in total. The van der Waals surface area contributed by atoms with Gasteiger partial charge in [-0.3, -0.25) is 14.5 Å². The lowest BCUT2D eigenvalue weighted by Gasteiger charge is -2.29. The molecule has 2 amide bonds. The van der Waals surface area contributed by atoms with Crippen molar-refractivity contribution in [2.75, 3.05) is 31.1 Å². The predicted octanol–water partition coefficient (Wildman–Crippen LogP) is 2.20. The van der Waals surface area contributed by atoms with Gasteiger partial charge in [-0.25, -0.2) is 0 Å². The molecule has 2 rings (SSSR count). The number of benzene rings is 1. The molecule has 1 atom stereocenters. The highest BCUT2D eigenvalue weighted by atomic mass is 35.5. The summed E-state index contributed by atoms with van der Waals surface area (Å²) in [5.41, 5.74) is 6.14. The summed E-state index contributed by atoms with van der Waals surface area (Å²) in [7, 11) is 0. The molecular weight excluding hydrogens is 346 g/mol. The molecule has 1 aliphatic heterocycles. The predicted molar refractivity (Wildman–Crippen MR) is 99.1 cm³/mol. The van der Waals surface area contributed by atoms with Gasteiger partial charge in [-0.2, -0.15) is 11.8 Å². The van der Waals surface area contributed by atoms with Crippen LogP contribution in [0.2, 0.25) is 5.02 Å². The highest BCUT2D eigenvalue weighted by Gasteiger charge is 2.25. The topological polar surface area (TPSA) is 75.4 Å². The van der Waals surface area contributed by atoms with Crippen molar-refractivity contribution in [1.29, 1.82) is 0 Å². The van der Waals surface area contributed by atoms with E-state index in [1.807, 2.05) is 24.3 Å². The first-order chi connectivity index (χ1) is 11.6. The van der Waals surface area contributed by atoms with Crippen LogP contribution in [0.25, 0.3) is 0 Å². The van der Waals surface area contributed by atoms with Crippen molar-refractivity contribution in [2.24, 2.45) is 5.73 Å². The highest BCUT2D eigenvalue weighted by Crippen LogP contribution is 2.29. The summed E-state index contributed by atoms with van der Waals surface area (Å²) in [4.78, 5) is 25.1. The fourth-order valence-electron chi connectivity index (χ4n) is 2.87. The molecular formula is C17H24ClN3O2S. The Kier molecular flexibility index (Phi) is 7.88. The number of carbonyl (C=O) groups excluding carboxylic acids is 2. The number of nitrogens with one attached hydrogen (secondary N) is 1. The minimum atomic E-state index is -0.353. The first-order valence-electron chi connectivity index (χ1n) is 8.19. The second kappa shape index (κ2) is 9.91. The van der Waals surface area contributed by atoms with E-state index in [-0.39, 0.29) is 23.6 Å². The maximum Gasteiger partial charge on any atom is 0.227 e. The molecule has 1 saturated heterocycles. The SMILES string of the molecule is NC(=O)CSCCC(=O)NCC(c1ccccc1Cl)N1CCCC1. The van der Waals surface area contributed by atoms with Crippen LogP contribution in [0.4, 0.5) is 0 Å². The molecule has 0 spiro atoms. The van der Waals surface area contributed by atoms with Gasteiger partial charge in [0.1, 0.15) is 0 Å². The summed E-state index contributed by atoms with van der Waals surface area (Å²) in [5, 5.41) is 3.74. The summed E-state index contributed by atoms with van der Waals surface area (Å²) in [6, 6.07) is 7.92. The molecule has 1 aliphatic rings. The number of rotatable bonds is 9. The van der Waals surface area contributed by atoms with Gasteiger partial charge in [-0.15, -0.1) is 0 Å². The van der Waals surface area contributed by atoms with Crippen molar-refractivity contribution in [3.8, 4) is 0 Å². The number of halogens is 1. The van der Waals surface area contributed by atoms with E-state index in [0.29, 0.717) is 18.7 Å². The number of carbonyl (C=O) groups is 2. The van der Waals surface area contributed by atoms with E-state index < -0.39 is 0 Å². The molecule has 132 valence electrons. The molecule has 24 heavy (non-hydrogen) atoms. The van der Waals surface area contributed by atoms with Crippen molar-refractivity contribution in [1.82, 2.24) is 10.2 Å². The van der Waals surface area contributed by atoms with Crippen LogP contribution < -0.4 is 11.1 Å². The van der Waals surface area contributed by atoms with Gasteiger partial charge < -0.3 is 11.1 Å². The lowest BCUT2D eigenvalue weighted by molar-refractivity contribution is -0.121. The van der Waals surface area contributed by atoms with Crippen molar-refractivity contribution in [3.63, 3.8) is 0 Å². The van der Waals surface area contributed by atoms with E-state index in [9.17, 15) is 9.59 Å². The summed E-state index contributed by atoms with van der Waals surface area (Å²) >= 11 is 7.74. The lowest BCUT2D eigenvalue weighted by atomic mass is 10.1. The average molecular weight is 370 g/mol.